The molecule has 0 saturated heterocycles. The number of hydrogen-bond donors (Lipinski definition) is 2. The molecule has 21 heavy (non-hydrogen) atoms. The van der Waals surface area contributed by atoms with Crippen LogP contribution in [0.2, 0.25) is 5.02 Å². The summed E-state index contributed by atoms with van der Waals surface area (Å²) in [4.78, 5) is 23.3. The van der Waals surface area contributed by atoms with Crippen LogP contribution in [0.15, 0.2) is 27.8 Å². The third-order valence-electron chi connectivity index (χ3n) is 3.25. The van der Waals surface area contributed by atoms with Gasteiger partial charge in [-0.2, -0.15) is 0 Å². The van der Waals surface area contributed by atoms with Gasteiger partial charge in [-0.3, -0.25) is 9.59 Å². The SMILES string of the molecule is Cc1c(Cl)cccc1CNc1c(NC(C)(C)C)c(=O)c1=O. The third kappa shape index (κ3) is 3.27. The average molecular weight is 307 g/mol. The van der Waals surface area contributed by atoms with Crippen LogP contribution in [0.1, 0.15) is 31.9 Å². The zero-order chi connectivity index (χ0) is 15.8. The molecule has 2 aromatic carbocycles. The highest BCUT2D eigenvalue weighted by Crippen LogP contribution is 2.22. The van der Waals surface area contributed by atoms with Crippen LogP contribution >= 0.6 is 11.6 Å². The first-order chi connectivity index (χ1) is 9.70. The summed E-state index contributed by atoms with van der Waals surface area (Å²) in [5, 5.41) is 6.80. The smallest absolute Gasteiger partial charge is 0.253 e. The van der Waals surface area contributed by atoms with Crippen molar-refractivity contribution in [2.75, 3.05) is 10.6 Å². The quantitative estimate of drug-likeness (QED) is 0.852. The maximum atomic E-state index is 11.7. The summed E-state index contributed by atoms with van der Waals surface area (Å²) in [5.74, 6) is 0. The van der Waals surface area contributed by atoms with Crippen LogP contribution in [0.3, 0.4) is 0 Å². The number of hydrogen-bond acceptors (Lipinski definition) is 4. The first-order valence-electron chi connectivity index (χ1n) is 6.80. The summed E-state index contributed by atoms with van der Waals surface area (Å²) in [5.41, 5.74) is 1.48. The number of anilines is 2. The van der Waals surface area contributed by atoms with Crippen molar-refractivity contribution >= 4 is 23.0 Å². The number of halogens is 1. The molecule has 0 bridgehead atoms. The lowest BCUT2D eigenvalue weighted by molar-refractivity contribution is 0.632. The van der Waals surface area contributed by atoms with Gasteiger partial charge in [0, 0.05) is 17.1 Å². The lowest BCUT2D eigenvalue weighted by atomic mass is 10.1. The fourth-order valence-corrected chi connectivity index (χ4v) is 2.28. The van der Waals surface area contributed by atoms with Crippen LogP contribution in [0, 0.1) is 6.92 Å². The number of nitrogens with one attached hydrogen (secondary N) is 2. The number of rotatable bonds is 4. The molecule has 0 aliphatic rings. The van der Waals surface area contributed by atoms with E-state index in [-0.39, 0.29) is 5.54 Å². The molecular formula is C16H19ClN2O2. The summed E-state index contributed by atoms with van der Waals surface area (Å²) in [6, 6.07) is 5.63. The second-order valence-corrected chi connectivity index (χ2v) is 6.57. The van der Waals surface area contributed by atoms with Crippen molar-refractivity contribution in [2.24, 2.45) is 0 Å². The number of benzene rings is 1. The fraction of sp³-hybridized carbons (Fsp3) is 0.375. The van der Waals surface area contributed by atoms with Crippen LogP contribution in [0.5, 0.6) is 0 Å². The summed E-state index contributed by atoms with van der Waals surface area (Å²) in [7, 11) is 0. The van der Waals surface area contributed by atoms with Gasteiger partial charge in [0.1, 0.15) is 11.4 Å². The molecule has 5 heteroatoms. The van der Waals surface area contributed by atoms with E-state index in [1.807, 2.05) is 45.9 Å². The fourth-order valence-electron chi connectivity index (χ4n) is 2.08. The van der Waals surface area contributed by atoms with E-state index >= 15 is 0 Å². The molecule has 0 amide bonds. The summed E-state index contributed by atoms with van der Waals surface area (Å²) in [6.45, 7) is 8.20. The Bertz CT molecular complexity index is 738. The molecule has 0 radical (unpaired) electrons. The molecule has 112 valence electrons. The maximum Gasteiger partial charge on any atom is 0.253 e. The summed E-state index contributed by atoms with van der Waals surface area (Å²) in [6.07, 6.45) is 0. The Morgan fingerprint density at radius 2 is 1.71 bits per heavy atom. The molecule has 0 heterocycles. The van der Waals surface area contributed by atoms with Gasteiger partial charge in [0.05, 0.1) is 0 Å². The molecular weight excluding hydrogens is 288 g/mol. The molecule has 0 spiro atoms. The van der Waals surface area contributed by atoms with E-state index in [9.17, 15) is 9.59 Å². The van der Waals surface area contributed by atoms with Gasteiger partial charge in [0.25, 0.3) is 10.9 Å². The Morgan fingerprint density at radius 1 is 1.10 bits per heavy atom. The van der Waals surface area contributed by atoms with Gasteiger partial charge in [0.15, 0.2) is 0 Å². The van der Waals surface area contributed by atoms with Crippen LogP contribution in [-0.4, -0.2) is 5.54 Å². The summed E-state index contributed by atoms with van der Waals surface area (Å²) < 4.78 is 0. The van der Waals surface area contributed by atoms with Crippen LogP contribution in [0.25, 0.3) is 0 Å². The van der Waals surface area contributed by atoms with Crippen molar-refractivity contribution in [1.82, 2.24) is 0 Å². The molecule has 0 aliphatic heterocycles. The van der Waals surface area contributed by atoms with Gasteiger partial charge < -0.3 is 10.6 Å². The molecule has 0 saturated carbocycles. The Kier molecular flexibility index (Phi) is 4.10. The van der Waals surface area contributed by atoms with Gasteiger partial charge in [0.2, 0.25) is 0 Å². The van der Waals surface area contributed by atoms with E-state index in [0.29, 0.717) is 22.9 Å². The minimum absolute atomic E-state index is 0.273. The standard InChI is InChI=1S/C16H19ClN2O2/c1-9-10(6-5-7-11(9)17)8-18-12-13(15(21)14(12)20)19-16(2,3)4/h5-7,18-19H,8H2,1-4H3. The third-order valence-corrected chi connectivity index (χ3v) is 3.66. The highest BCUT2D eigenvalue weighted by atomic mass is 35.5. The van der Waals surface area contributed by atoms with E-state index in [1.54, 1.807) is 0 Å². The lowest BCUT2D eigenvalue weighted by Gasteiger charge is -2.25. The van der Waals surface area contributed by atoms with E-state index in [2.05, 4.69) is 10.6 Å². The van der Waals surface area contributed by atoms with Crippen LogP contribution in [-0.2, 0) is 6.54 Å². The van der Waals surface area contributed by atoms with Crippen molar-refractivity contribution < 1.29 is 0 Å². The van der Waals surface area contributed by atoms with Crippen molar-refractivity contribution in [3.05, 3.63) is 54.8 Å². The van der Waals surface area contributed by atoms with E-state index in [4.69, 9.17) is 11.6 Å². The monoisotopic (exact) mass is 306 g/mol. The predicted octanol–water partition coefficient (Wildman–Crippen LogP) is 3.07. The Morgan fingerprint density at radius 3 is 2.33 bits per heavy atom. The second kappa shape index (κ2) is 5.53. The van der Waals surface area contributed by atoms with Crippen molar-refractivity contribution in [1.29, 1.82) is 0 Å². The topological polar surface area (TPSA) is 58.2 Å². The van der Waals surface area contributed by atoms with Gasteiger partial charge in [-0.05, 0) is 44.9 Å². The van der Waals surface area contributed by atoms with Crippen LogP contribution < -0.4 is 21.5 Å². The highest BCUT2D eigenvalue weighted by Gasteiger charge is 2.24. The molecule has 0 fully saturated rings. The van der Waals surface area contributed by atoms with Crippen molar-refractivity contribution in [2.45, 2.75) is 39.8 Å². The maximum absolute atomic E-state index is 11.7. The van der Waals surface area contributed by atoms with Gasteiger partial charge in [-0.15, -0.1) is 0 Å². The summed E-state index contributed by atoms with van der Waals surface area (Å²) >= 11 is 6.07. The highest BCUT2D eigenvalue weighted by molar-refractivity contribution is 6.31. The first kappa shape index (κ1) is 15.6. The minimum atomic E-state index is -0.471. The van der Waals surface area contributed by atoms with E-state index < -0.39 is 10.9 Å². The molecule has 2 N–H and O–H groups in total. The van der Waals surface area contributed by atoms with Crippen molar-refractivity contribution in [3.63, 3.8) is 0 Å². The molecule has 0 aliphatic carbocycles. The molecule has 4 nitrogen and oxygen atoms in total. The van der Waals surface area contributed by atoms with Gasteiger partial charge in [-0.1, -0.05) is 23.7 Å². The van der Waals surface area contributed by atoms with E-state index in [1.165, 1.54) is 0 Å². The lowest BCUT2D eigenvalue weighted by Crippen LogP contribution is -2.41. The predicted molar refractivity (Wildman–Crippen MR) is 88.2 cm³/mol. The van der Waals surface area contributed by atoms with Gasteiger partial charge >= 0.3 is 0 Å². The van der Waals surface area contributed by atoms with E-state index in [0.717, 1.165) is 11.1 Å². The van der Waals surface area contributed by atoms with Crippen LogP contribution in [0.4, 0.5) is 11.4 Å². The Labute approximate surface area is 128 Å². The average Bonchev–Trinajstić information content (AvgIpc) is 2.40. The molecule has 0 unspecified atom stereocenters. The van der Waals surface area contributed by atoms with Gasteiger partial charge in [-0.25, -0.2) is 0 Å². The van der Waals surface area contributed by atoms with Crippen molar-refractivity contribution in [3.8, 4) is 0 Å². The minimum Gasteiger partial charge on any atom is -0.376 e. The largest absolute Gasteiger partial charge is 0.376 e. The molecule has 2 aromatic rings. The Balaban J connectivity index is 2.18. The molecule has 0 atom stereocenters. The zero-order valence-electron chi connectivity index (χ0n) is 12.6. The zero-order valence-corrected chi connectivity index (χ0v) is 13.4. The first-order valence-corrected chi connectivity index (χ1v) is 7.18. The molecule has 0 aromatic heterocycles. The molecule has 2 rings (SSSR count). The second-order valence-electron chi connectivity index (χ2n) is 6.16. The Hall–Kier alpha value is -1.81. The normalized spacial score (nSPS) is 11.7.